The standard InChI is InChI=1S/C22H23N3O5/c1-14-5-3-4-6-19(14)24-22(26)15(13-23)11-17-8-10-21(30-17)18-9-7-16(29-2)12-20(18)25(27)28/h7-12,14,19H,3-6H2,1-2H3,(H,24,26)/b15-11+/t14-,19+/m1/s1. The molecule has 1 aliphatic carbocycles. The van der Waals surface area contributed by atoms with Crippen LogP contribution in [0.1, 0.15) is 38.4 Å². The molecular formula is C22H23N3O5. The number of nitriles is 1. The lowest BCUT2D eigenvalue weighted by atomic mass is 9.86. The van der Waals surface area contributed by atoms with Crippen LogP contribution in [0.4, 0.5) is 5.69 Å². The molecule has 1 saturated carbocycles. The molecule has 0 spiro atoms. The summed E-state index contributed by atoms with van der Waals surface area (Å²) in [5.74, 6) is 0.809. The molecule has 2 aromatic rings. The van der Waals surface area contributed by atoms with Crippen molar-refractivity contribution in [3.63, 3.8) is 0 Å². The number of nitro benzene ring substituents is 1. The Balaban J connectivity index is 1.83. The van der Waals surface area contributed by atoms with Crippen LogP contribution >= 0.6 is 0 Å². The number of nitro groups is 1. The summed E-state index contributed by atoms with van der Waals surface area (Å²) in [6.45, 7) is 2.10. The van der Waals surface area contributed by atoms with Crippen molar-refractivity contribution in [1.29, 1.82) is 5.26 Å². The number of benzene rings is 1. The van der Waals surface area contributed by atoms with E-state index in [9.17, 15) is 20.2 Å². The smallest absolute Gasteiger partial charge is 0.284 e. The Morgan fingerprint density at radius 1 is 1.33 bits per heavy atom. The molecule has 1 aromatic heterocycles. The molecule has 8 heteroatoms. The van der Waals surface area contributed by atoms with Gasteiger partial charge in [-0.1, -0.05) is 19.8 Å². The van der Waals surface area contributed by atoms with E-state index in [2.05, 4.69) is 12.2 Å². The van der Waals surface area contributed by atoms with E-state index < -0.39 is 10.8 Å². The number of carbonyl (C=O) groups is 1. The van der Waals surface area contributed by atoms with Crippen molar-refractivity contribution in [2.45, 2.75) is 38.6 Å². The van der Waals surface area contributed by atoms with E-state index in [1.165, 1.54) is 25.3 Å². The Morgan fingerprint density at radius 2 is 2.10 bits per heavy atom. The van der Waals surface area contributed by atoms with Crippen LogP contribution in [-0.4, -0.2) is 24.0 Å². The first kappa shape index (κ1) is 21.1. The number of hydrogen-bond acceptors (Lipinski definition) is 6. The van der Waals surface area contributed by atoms with E-state index in [1.54, 1.807) is 18.2 Å². The van der Waals surface area contributed by atoms with E-state index in [1.807, 2.05) is 6.07 Å². The zero-order valence-electron chi connectivity index (χ0n) is 16.9. The number of rotatable bonds is 6. The molecule has 8 nitrogen and oxygen atoms in total. The minimum Gasteiger partial charge on any atom is -0.497 e. The van der Waals surface area contributed by atoms with Gasteiger partial charge in [-0.2, -0.15) is 5.26 Å². The Bertz CT molecular complexity index is 1020. The summed E-state index contributed by atoms with van der Waals surface area (Å²) in [6, 6.07) is 9.54. The van der Waals surface area contributed by atoms with Crippen molar-refractivity contribution in [1.82, 2.24) is 5.32 Å². The number of methoxy groups -OCH3 is 1. The Kier molecular flexibility index (Phi) is 6.52. The first-order valence-electron chi connectivity index (χ1n) is 9.78. The topological polar surface area (TPSA) is 118 Å². The van der Waals surface area contributed by atoms with E-state index in [0.717, 1.165) is 25.7 Å². The van der Waals surface area contributed by atoms with Gasteiger partial charge in [-0.05, 0) is 43.0 Å². The van der Waals surface area contributed by atoms with Gasteiger partial charge < -0.3 is 14.5 Å². The van der Waals surface area contributed by atoms with Crippen LogP contribution < -0.4 is 10.1 Å². The summed E-state index contributed by atoms with van der Waals surface area (Å²) in [6.07, 6.45) is 5.52. The fraction of sp³-hybridized carbons (Fsp3) is 0.364. The normalized spacial score (nSPS) is 19.0. The molecule has 0 radical (unpaired) electrons. The first-order chi connectivity index (χ1) is 14.4. The van der Waals surface area contributed by atoms with Crippen LogP contribution in [0.3, 0.4) is 0 Å². The molecule has 1 aliphatic rings. The predicted octanol–water partition coefficient (Wildman–Crippen LogP) is 4.47. The van der Waals surface area contributed by atoms with Crippen molar-refractivity contribution in [2.24, 2.45) is 5.92 Å². The maximum atomic E-state index is 12.5. The van der Waals surface area contributed by atoms with Crippen LogP contribution in [0.15, 0.2) is 40.3 Å². The minimum absolute atomic E-state index is 0.0529. The number of nitrogens with one attached hydrogen (secondary N) is 1. The largest absolute Gasteiger partial charge is 0.497 e. The van der Waals surface area contributed by atoms with Crippen LogP contribution in [0.25, 0.3) is 17.4 Å². The lowest BCUT2D eigenvalue weighted by Gasteiger charge is -2.29. The SMILES string of the molecule is COc1ccc(-c2ccc(/C=C(\C#N)C(=O)N[C@H]3CCCC[C@H]3C)o2)c([N+](=O)[O-])c1. The summed E-state index contributed by atoms with van der Waals surface area (Å²) in [5, 5.41) is 23.8. The number of ether oxygens (including phenoxy) is 1. The van der Waals surface area contributed by atoms with Crippen molar-refractivity contribution < 1.29 is 18.9 Å². The molecule has 1 aromatic carbocycles. The second-order valence-corrected chi connectivity index (χ2v) is 7.35. The zero-order valence-corrected chi connectivity index (χ0v) is 16.9. The molecule has 2 atom stereocenters. The lowest BCUT2D eigenvalue weighted by molar-refractivity contribution is -0.384. The predicted molar refractivity (Wildman–Crippen MR) is 111 cm³/mol. The summed E-state index contributed by atoms with van der Waals surface area (Å²) in [4.78, 5) is 23.4. The highest BCUT2D eigenvalue weighted by molar-refractivity contribution is 6.01. The van der Waals surface area contributed by atoms with Gasteiger partial charge in [0.15, 0.2) is 0 Å². The van der Waals surface area contributed by atoms with Gasteiger partial charge in [0.05, 0.1) is 23.7 Å². The molecule has 0 unspecified atom stereocenters. The molecule has 0 saturated heterocycles. The molecule has 30 heavy (non-hydrogen) atoms. The lowest BCUT2D eigenvalue weighted by Crippen LogP contribution is -2.41. The maximum absolute atomic E-state index is 12.5. The quantitative estimate of drug-likeness (QED) is 0.325. The Labute approximate surface area is 174 Å². The maximum Gasteiger partial charge on any atom is 0.284 e. The van der Waals surface area contributed by atoms with E-state index in [-0.39, 0.29) is 34.4 Å². The monoisotopic (exact) mass is 409 g/mol. The third kappa shape index (κ3) is 4.69. The molecular weight excluding hydrogens is 386 g/mol. The van der Waals surface area contributed by atoms with Crippen molar-refractivity contribution >= 4 is 17.7 Å². The molecule has 1 N–H and O–H groups in total. The molecule has 0 bridgehead atoms. The average molecular weight is 409 g/mol. The van der Waals surface area contributed by atoms with Gasteiger partial charge in [0.25, 0.3) is 11.6 Å². The van der Waals surface area contributed by atoms with Gasteiger partial charge in [-0.25, -0.2) is 0 Å². The van der Waals surface area contributed by atoms with Crippen molar-refractivity contribution in [2.75, 3.05) is 7.11 Å². The number of amides is 1. The van der Waals surface area contributed by atoms with Gasteiger partial charge in [-0.3, -0.25) is 14.9 Å². The molecule has 156 valence electrons. The highest BCUT2D eigenvalue weighted by Crippen LogP contribution is 2.34. The fourth-order valence-corrected chi connectivity index (χ4v) is 3.64. The molecule has 3 rings (SSSR count). The number of carbonyl (C=O) groups excluding carboxylic acids is 1. The second kappa shape index (κ2) is 9.27. The highest BCUT2D eigenvalue weighted by Gasteiger charge is 2.24. The van der Waals surface area contributed by atoms with Crippen LogP contribution in [0.5, 0.6) is 5.75 Å². The molecule has 1 amide bonds. The van der Waals surface area contributed by atoms with E-state index in [4.69, 9.17) is 9.15 Å². The second-order valence-electron chi connectivity index (χ2n) is 7.35. The molecule has 1 heterocycles. The van der Waals surface area contributed by atoms with Crippen LogP contribution in [0.2, 0.25) is 0 Å². The summed E-state index contributed by atoms with van der Waals surface area (Å²) in [5.41, 5.74) is 0.0427. The minimum atomic E-state index is -0.518. The average Bonchev–Trinajstić information content (AvgIpc) is 3.21. The fourth-order valence-electron chi connectivity index (χ4n) is 3.64. The van der Waals surface area contributed by atoms with Crippen molar-refractivity contribution in [3.8, 4) is 23.1 Å². The molecule has 1 fully saturated rings. The summed E-state index contributed by atoms with van der Waals surface area (Å²) < 4.78 is 10.7. The first-order valence-corrected chi connectivity index (χ1v) is 9.78. The van der Waals surface area contributed by atoms with Gasteiger partial charge >= 0.3 is 0 Å². The van der Waals surface area contributed by atoms with E-state index >= 15 is 0 Å². The van der Waals surface area contributed by atoms with E-state index in [0.29, 0.717) is 11.7 Å². The van der Waals surface area contributed by atoms with Gasteiger partial charge in [0.2, 0.25) is 0 Å². The third-order valence-electron chi connectivity index (χ3n) is 5.37. The van der Waals surface area contributed by atoms with Gasteiger partial charge in [-0.15, -0.1) is 0 Å². The van der Waals surface area contributed by atoms with Crippen molar-refractivity contribution in [3.05, 3.63) is 51.8 Å². The third-order valence-corrected chi connectivity index (χ3v) is 5.37. The van der Waals surface area contributed by atoms with Crippen LogP contribution in [0, 0.1) is 27.4 Å². The summed E-state index contributed by atoms with van der Waals surface area (Å²) >= 11 is 0. The van der Waals surface area contributed by atoms with Gasteiger partial charge in [0.1, 0.15) is 28.9 Å². The number of furan rings is 1. The number of nitrogens with zero attached hydrogens (tertiary/aromatic N) is 2. The number of hydrogen-bond donors (Lipinski definition) is 1. The Hall–Kier alpha value is -3.60. The Morgan fingerprint density at radius 3 is 2.77 bits per heavy atom. The van der Waals surface area contributed by atoms with Crippen LogP contribution in [-0.2, 0) is 4.79 Å². The van der Waals surface area contributed by atoms with Gasteiger partial charge in [0, 0.05) is 12.1 Å². The summed E-state index contributed by atoms with van der Waals surface area (Å²) in [7, 11) is 1.43. The highest BCUT2D eigenvalue weighted by atomic mass is 16.6. The molecule has 0 aliphatic heterocycles. The zero-order chi connectivity index (χ0) is 21.7.